The summed E-state index contributed by atoms with van der Waals surface area (Å²) in [6.45, 7) is 4.78. The maximum atomic E-state index is 13.6. The zero-order valence-corrected chi connectivity index (χ0v) is 11.1. The Bertz CT molecular complexity index is 390. The van der Waals surface area contributed by atoms with Crippen molar-refractivity contribution in [3.05, 3.63) is 35.6 Å². The Morgan fingerprint density at radius 2 is 2.00 bits per heavy atom. The number of aliphatic hydroxyl groups is 1. The number of nitrogens with zero attached hydrogens (tertiary/aromatic N) is 1. The van der Waals surface area contributed by atoms with Crippen molar-refractivity contribution in [1.29, 1.82) is 0 Å². The molecule has 1 aliphatic carbocycles. The van der Waals surface area contributed by atoms with Crippen LogP contribution in [0.4, 0.5) is 4.39 Å². The van der Waals surface area contributed by atoms with Crippen LogP contribution in [-0.2, 0) is 0 Å². The molecule has 1 unspecified atom stereocenters. The Labute approximate surface area is 108 Å². The molecule has 1 N–H and O–H groups in total. The minimum absolute atomic E-state index is 0.317. The predicted octanol–water partition coefficient (Wildman–Crippen LogP) is 3.12. The van der Waals surface area contributed by atoms with E-state index in [0.717, 1.165) is 0 Å². The van der Waals surface area contributed by atoms with Crippen LogP contribution in [0.15, 0.2) is 24.3 Å². The fraction of sp³-hybridized carbons (Fsp3) is 0.600. The zero-order valence-electron chi connectivity index (χ0n) is 11.1. The molecular weight excluding hydrogens is 229 g/mol. The SMILES string of the molecule is CC(C)N(CC(O)c1ccccc1F)C1CCC1. The van der Waals surface area contributed by atoms with Gasteiger partial charge in [-0.15, -0.1) is 0 Å². The van der Waals surface area contributed by atoms with Crippen molar-refractivity contribution in [3.63, 3.8) is 0 Å². The standard InChI is InChI=1S/C15H22FNO/c1-11(2)17(12-6-5-7-12)10-15(18)13-8-3-4-9-14(13)16/h3-4,8-9,11-12,15,18H,5-7,10H2,1-2H3. The maximum absolute atomic E-state index is 13.6. The average molecular weight is 251 g/mol. The molecule has 1 fully saturated rings. The van der Waals surface area contributed by atoms with E-state index in [4.69, 9.17) is 0 Å². The van der Waals surface area contributed by atoms with E-state index in [1.54, 1.807) is 18.2 Å². The Hall–Kier alpha value is -0.930. The van der Waals surface area contributed by atoms with Crippen LogP contribution in [0, 0.1) is 5.82 Å². The summed E-state index contributed by atoms with van der Waals surface area (Å²) in [6, 6.07) is 7.44. The first-order chi connectivity index (χ1) is 8.59. The van der Waals surface area contributed by atoms with E-state index >= 15 is 0 Å². The summed E-state index contributed by atoms with van der Waals surface area (Å²) < 4.78 is 13.6. The smallest absolute Gasteiger partial charge is 0.129 e. The molecule has 1 atom stereocenters. The Morgan fingerprint density at radius 3 is 2.50 bits per heavy atom. The molecule has 0 aromatic heterocycles. The van der Waals surface area contributed by atoms with E-state index in [9.17, 15) is 9.50 Å². The van der Waals surface area contributed by atoms with Gasteiger partial charge < -0.3 is 5.11 Å². The van der Waals surface area contributed by atoms with E-state index in [1.807, 2.05) is 0 Å². The van der Waals surface area contributed by atoms with Crippen LogP contribution in [0.1, 0.15) is 44.8 Å². The first kappa shape index (κ1) is 13.5. The van der Waals surface area contributed by atoms with E-state index in [2.05, 4.69) is 18.7 Å². The monoisotopic (exact) mass is 251 g/mol. The summed E-state index contributed by atoms with van der Waals surface area (Å²) in [5.41, 5.74) is 0.405. The maximum Gasteiger partial charge on any atom is 0.129 e. The van der Waals surface area contributed by atoms with Gasteiger partial charge in [-0.1, -0.05) is 24.6 Å². The summed E-state index contributed by atoms with van der Waals surface area (Å²) in [6.07, 6.45) is 2.92. The van der Waals surface area contributed by atoms with Gasteiger partial charge in [0.1, 0.15) is 5.82 Å². The third-order valence-corrected chi connectivity index (χ3v) is 3.85. The van der Waals surface area contributed by atoms with E-state index in [-0.39, 0.29) is 5.82 Å². The number of hydrogen-bond donors (Lipinski definition) is 1. The topological polar surface area (TPSA) is 23.5 Å². The molecule has 1 aliphatic rings. The van der Waals surface area contributed by atoms with Gasteiger partial charge in [0.15, 0.2) is 0 Å². The van der Waals surface area contributed by atoms with Crippen LogP contribution < -0.4 is 0 Å². The van der Waals surface area contributed by atoms with Crippen molar-refractivity contribution in [2.45, 2.75) is 51.3 Å². The molecule has 0 saturated heterocycles. The molecule has 100 valence electrons. The number of benzene rings is 1. The molecule has 0 aliphatic heterocycles. The van der Waals surface area contributed by atoms with Crippen molar-refractivity contribution in [1.82, 2.24) is 4.90 Å². The number of hydrogen-bond acceptors (Lipinski definition) is 2. The molecule has 0 radical (unpaired) electrons. The highest BCUT2D eigenvalue weighted by molar-refractivity contribution is 5.20. The highest BCUT2D eigenvalue weighted by Gasteiger charge is 2.29. The first-order valence-electron chi connectivity index (χ1n) is 6.78. The first-order valence-corrected chi connectivity index (χ1v) is 6.78. The zero-order chi connectivity index (χ0) is 13.1. The molecule has 3 heteroatoms. The molecule has 1 aromatic carbocycles. The third kappa shape index (κ3) is 2.90. The average Bonchev–Trinajstić information content (AvgIpc) is 2.26. The lowest BCUT2D eigenvalue weighted by atomic mass is 9.90. The fourth-order valence-electron chi connectivity index (χ4n) is 2.54. The minimum atomic E-state index is -0.741. The number of aliphatic hydroxyl groups excluding tert-OH is 1. The molecule has 18 heavy (non-hydrogen) atoms. The Balaban J connectivity index is 2.04. The number of rotatable bonds is 5. The molecular formula is C15H22FNO. The normalized spacial score (nSPS) is 18.1. The van der Waals surface area contributed by atoms with Gasteiger partial charge in [0.2, 0.25) is 0 Å². The molecule has 1 saturated carbocycles. The van der Waals surface area contributed by atoms with Crippen LogP contribution in [0.2, 0.25) is 0 Å². The van der Waals surface area contributed by atoms with E-state index in [0.29, 0.717) is 24.2 Å². The molecule has 0 spiro atoms. The largest absolute Gasteiger partial charge is 0.387 e. The van der Waals surface area contributed by atoms with Crippen LogP contribution in [0.5, 0.6) is 0 Å². The Kier molecular flexibility index (Phi) is 4.36. The lowest BCUT2D eigenvalue weighted by Crippen LogP contribution is -2.46. The minimum Gasteiger partial charge on any atom is -0.387 e. The second-order valence-electron chi connectivity index (χ2n) is 5.41. The van der Waals surface area contributed by atoms with E-state index < -0.39 is 6.10 Å². The second-order valence-corrected chi connectivity index (χ2v) is 5.41. The third-order valence-electron chi connectivity index (χ3n) is 3.85. The van der Waals surface area contributed by atoms with E-state index in [1.165, 1.54) is 25.3 Å². The van der Waals surface area contributed by atoms with Gasteiger partial charge in [0, 0.05) is 24.2 Å². The van der Waals surface area contributed by atoms with Crippen LogP contribution in [0.3, 0.4) is 0 Å². The number of halogens is 1. The van der Waals surface area contributed by atoms with Crippen LogP contribution in [-0.4, -0.2) is 28.6 Å². The molecule has 0 bridgehead atoms. The van der Waals surface area contributed by atoms with Gasteiger partial charge in [-0.25, -0.2) is 4.39 Å². The lowest BCUT2D eigenvalue weighted by Gasteiger charge is -2.41. The molecule has 2 rings (SSSR count). The summed E-state index contributed by atoms with van der Waals surface area (Å²) in [7, 11) is 0. The van der Waals surface area contributed by atoms with Crippen molar-refractivity contribution in [2.24, 2.45) is 0 Å². The predicted molar refractivity (Wildman–Crippen MR) is 70.8 cm³/mol. The summed E-state index contributed by atoms with van der Waals surface area (Å²) in [5, 5.41) is 10.2. The summed E-state index contributed by atoms with van der Waals surface area (Å²) in [5.74, 6) is -0.317. The summed E-state index contributed by atoms with van der Waals surface area (Å²) >= 11 is 0. The molecule has 0 heterocycles. The second kappa shape index (κ2) is 5.81. The quantitative estimate of drug-likeness (QED) is 0.869. The highest BCUT2D eigenvalue weighted by atomic mass is 19.1. The van der Waals surface area contributed by atoms with Crippen molar-refractivity contribution in [2.75, 3.05) is 6.54 Å². The summed E-state index contributed by atoms with van der Waals surface area (Å²) in [4.78, 5) is 2.29. The van der Waals surface area contributed by atoms with Crippen molar-refractivity contribution in [3.8, 4) is 0 Å². The van der Waals surface area contributed by atoms with Crippen molar-refractivity contribution >= 4 is 0 Å². The van der Waals surface area contributed by atoms with Gasteiger partial charge in [-0.2, -0.15) is 0 Å². The van der Waals surface area contributed by atoms with Gasteiger partial charge in [-0.05, 0) is 32.8 Å². The van der Waals surface area contributed by atoms with Gasteiger partial charge in [0.05, 0.1) is 6.10 Å². The fourth-order valence-corrected chi connectivity index (χ4v) is 2.54. The Morgan fingerprint density at radius 1 is 1.33 bits per heavy atom. The molecule has 2 nitrogen and oxygen atoms in total. The van der Waals surface area contributed by atoms with Crippen molar-refractivity contribution < 1.29 is 9.50 Å². The lowest BCUT2D eigenvalue weighted by molar-refractivity contribution is 0.0353. The molecule has 1 aromatic rings. The molecule has 0 amide bonds. The highest BCUT2D eigenvalue weighted by Crippen LogP contribution is 2.29. The van der Waals surface area contributed by atoms with Crippen LogP contribution >= 0.6 is 0 Å². The van der Waals surface area contributed by atoms with Gasteiger partial charge in [0.25, 0.3) is 0 Å². The van der Waals surface area contributed by atoms with Gasteiger partial charge >= 0.3 is 0 Å². The van der Waals surface area contributed by atoms with Gasteiger partial charge in [-0.3, -0.25) is 4.90 Å². The van der Waals surface area contributed by atoms with Crippen LogP contribution in [0.25, 0.3) is 0 Å².